The first-order valence-corrected chi connectivity index (χ1v) is 8.04. The lowest BCUT2D eigenvalue weighted by Gasteiger charge is -2.14. The van der Waals surface area contributed by atoms with Gasteiger partial charge in [-0.15, -0.1) is 11.3 Å². The van der Waals surface area contributed by atoms with Crippen LogP contribution in [0.2, 0.25) is 0 Å². The molecule has 24 heavy (non-hydrogen) atoms. The summed E-state index contributed by atoms with van der Waals surface area (Å²) in [5.41, 5.74) is -0.133. The standard InChI is InChI=1S/C15H14FN5O2S/c1-10(11-5-2-3-6-12(11)16)17-13(22)9-20-15(23)21(19-18-20)14-7-4-8-24-14/h2-8,10H,9H2,1H3,(H,17,22). The zero-order valence-electron chi connectivity index (χ0n) is 12.7. The second-order valence-electron chi connectivity index (χ2n) is 5.09. The molecular formula is C15H14FN5O2S. The summed E-state index contributed by atoms with van der Waals surface area (Å²) >= 11 is 1.34. The molecule has 0 saturated heterocycles. The van der Waals surface area contributed by atoms with Gasteiger partial charge in [0, 0.05) is 5.56 Å². The highest BCUT2D eigenvalue weighted by molar-refractivity contribution is 7.12. The van der Waals surface area contributed by atoms with Gasteiger partial charge in [0.15, 0.2) is 0 Å². The van der Waals surface area contributed by atoms with Gasteiger partial charge in [-0.1, -0.05) is 18.2 Å². The molecule has 124 valence electrons. The third-order valence-electron chi connectivity index (χ3n) is 3.40. The Morgan fingerprint density at radius 2 is 2.08 bits per heavy atom. The Morgan fingerprint density at radius 1 is 1.29 bits per heavy atom. The van der Waals surface area contributed by atoms with Gasteiger partial charge in [-0.2, -0.15) is 9.36 Å². The maximum Gasteiger partial charge on any atom is 0.369 e. The van der Waals surface area contributed by atoms with E-state index >= 15 is 0 Å². The van der Waals surface area contributed by atoms with Crippen LogP contribution in [0.1, 0.15) is 18.5 Å². The van der Waals surface area contributed by atoms with Crippen molar-refractivity contribution in [2.75, 3.05) is 0 Å². The van der Waals surface area contributed by atoms with Crippen molar-refractivity contribution in [3.05, 3.63) is 63.6 Å². The second kappa shape index (κ2) is 6.75. The van der Waals surface area contributed by atoms with Crippen molar-refractivity contribution in [3.8, 4) is 5.00 Å². The summed E-state index contributed by atoms with van der Waals surface area (Å²) in [6, 6.07) is 9.18. The van der Waals surface area contributed by atoms with E-state index in [1.54, 1.807) is 37.3 Å². The molecule has 1 amide bonds. The number of rotatable bonds is 5. The molecule has 0 aliphatic heterocycles. The predicted octanol–water partition coefficient (Wildman–Crippen LogP) is 1.51. The van der Waals surface area contributed by atoms with Gasteiger partial charge in [-0.05, 0) is 40.9 Å². The van der Waals surface area contributed by atoms with Gasteiger partial charge in [0.2, 0.25) is 5.91 Å². The zero-order chi connectivity index (χ0) is 17.1. The molecule has 0 radical (unpaired) electrons. The number of carbonyl (C=O) groups excluding carboxylic acids is 1. The summed E-state index contributed by atoms with van der Waals surface area (Å²) in [4.78, 5) is 24.3. The van der Waals surface area contributed by atoms with Crippen LogP contribution in [-0.4, -0.2) is 25.7 Å². The molecule has 3 rings (SSSR count). The number of hydrogen-bond acceptors (Lipinski definition) is 5. The largest absolute Gasteiger partial charge is 0.369 e. The number of nitrogens with zero attached hydrogens (tertiary/aromatic N) is 4. The van der Waals surface area contributed by atoms with E-state index in [0.717, 1.165) is 9.36 Å². The van der Waals surface area contributed by atoms with E-state index in [1.165, 1.54) is 17.4 Å². The van der Waals surface area contributed by atoms with Gasteiger partial charge in [-0.25, -0.2) is 9.18 Å². The van der Waals surface area contributed by atoms with Crippen LogP contribution in [0.15, 0.2) is 46.6 Å². The van der Waals surface area contributed by atoms with Gasteiger partial charge in [0.05, 0.1) is 6.04 Å². The molecule has 0 saturated carbocycles. The quantitative estimate of drug-likeness (QED) is 0.758. The van der Waals surface area contributed by atoms with Crippen molar-refractivity contribution >= 4 is 17.2 Å². The molecule has 3 aromatic rings. The molecule has 1 N–H and O–H groups in total. The van der Waals surface area contributed by atoms with Crippen LogP contribution in [0.25, 0.3) is 5.00 Å². The Balaban J connectivity index is 1.70. The summed E-state index contributed by atoms with van der Waals surface area (Å²) in [5.74, 6) is -0.850. The molecule has 1 aromatic carbocycles. The highest BCUT2D eigenvalue weighted by Gasteiger charge is 2.16. The third-order valence-corrected chi connectivity index (χ3v) is 4.24. The molecule has 0 aliphatic rings. The fourth-order valence-corrected chi connectivity index (χ4v) is 2.90. The molecule has 0 bridgehead atoms. The maximum atomic E-state index is 13.7. The minimum atomic E-state index is -0.526. The first-order chi connectivity index (χ1) is 11.6. The van der Waals surface area contributed by atoms with Crippen LogP contribution in [0, 0.1) is 5.82 Å². The Hall–Kier alpha value is -2.81. The minimum Gasteiger partial charge on any atom is -0.348 e. The smallest absolute Gasteiger partial charge is 0.348 e. The highest BCUT2D eigenvalue weighted by Crippen LogP contribution is 2.15. The number of carbonyl (C=O) groups is 1. The fraction of sp³-hybridized carbons (Fsp3) is 0.200. The van der Waals surface area contributed by atoms with E-state index < -0.39 is 23.5 Å². The SMILES string of the molecule is CC(NC(=O)Cn1nnn(-c2cccs2)c1=O)c1ccccc1F. The van der Waals surface area contributed by atoms with Crippen molar-refractivity contribution < 1.29 is 9.18 Å². The molecule has 1 unspecified atom stereocenters. The Kier molecular flexibility index (Phi) is 4.52. The molecule has 0 fully saturated rings. The number of aromatic nitrogens is 4. The molecule has 0 spiro atoms. The van der Waals surface area contributed by atoms with Crippen molar-refractivity contribution in [2.45, 2.75) is 19.5 Å². The van der Waals surface area contributed by atoms with Gasteiger partial charge in [0.1, 0.15) is 17.4 Å². The molecule has 7 nitrogen and oxygen atoms in total. The number of amides is 1. The minimum absolute atomic E-state index is 0.289. The number of nitrogens with one attached hydrogen (secondary N) is 1. The van der Waals surface area contributed by atoms with E-state index in [0.29, 0.717) is 10.6 Å². The number of tetrazole rings is 1. The molecule has 2 heterocycles. The van der Waals surface area contributed by atoms with Crippen molar-refractivity contribution in [3.63, 3.8) is 0 Å². The number of halogens is 1. The lowest BCUT2D eigenvalue weighted by Crippen LogP contribution is -2.34. The van der Waals surface area contributed by atoms with Crippen LogP contribution in [0.4, 0.5) is 4.39 Å². The highest BCUT2D eigenvalue weighted by atomic mass is 32.1. The van der Waals surface area contributed by atoms with Crippen molar-refractivity contribution in [1.29, 1.82) is 0 Å². The number of thiophene rings is 1. The van der Waals surface area contributed by atoms with Crippen LogP contribution < -0.4 is 11.0 Å². The summed E-state index contributed by atoms with van der Waals surface area (Å²) < 4.78 is 15.8. The normalized spacial score (nSPS) is 12.1. The van der Waals surface area contributed by atoms with Crippen LogP contribution >= 0.6 is 11.3 Å². The van der Waals surface area contributed by atoms with Gasteiger partial charge >= 0.3 is 5.69 Å². The average Bonchev–Trinajstić information content (AvgIpc) is 3.18. The van der Waals surface area contributed by atoms with Crippen molar-refractivity contribution in [2.24, 2.45) is 0 Å². The fourth-order valence-electron chi connectivity index (χ4n) is 2.23. The molecular weight excluding hydrogens is 333 g/mol. The summed E-state index contributed by atoms with van der Waals surface area (Å²) in [6.45, 7) is 1.38. The van der Waals surface area contributed by atoms with Gasteiger partial charge in [-0.3, -0.25) is 4.79 Å². The van der Waals surface area contributed by atoms with Crippen LogP contribution in [-0.2, 0) is 11.3 Å². The molecule has 2 aromatic heterocycles. The van der Waals surface area contributed by atoms with E-state index in [2.05, 4.69) is 15.7 Å². The van der Waals surface area contributed by atoms with E-state index in [4.69, 9.17) is 0 Å². The second-order valence-corrected chi connectivity index (χ2v) is 6.02. The average molecular weight is 347 g/mol. The lowest BCUT2D eigenvalue weighted by molar-refractivity contribution is -0.122. The van der Waals surface area contributed by atoms with Gasteiger partial charge in [0.25, 0.3) is 0 Å². The van der Waals surface area contributed by atoms with E-state index in [-0.39, 0.29) is 6.54 Å². The van der Waals surface area contributed by atoms with Crippen LogP contribution in [0.3, 0.4) is 0 Å². The number of hydrogen-bond donors (Lipinski definition) is 1. The third kappa shape index (κ3) is 3.25. The Morgan fingerprint density at radius 3 is 2.79 bits per heavy atom. The first kappa shape index (κ1) is 16.1. The monoisotopic (exact) mass is 347 g/mol. The molecule has 0 aliphatic carbocycles. The summed E-state index contributed by atoms with van der Waals surface area (Å²) in [7, 11) is 0. The van der Waals surface area contributed by atoms with E-state index in [1.807, 2.05) is 5.38 Å². The zero-order valence-corrected chi connectivity index (χ0v) is 13.5. The maximum absolute atomic E-state index is 13.7. The van der Waals surface area contributed by atoms with E-state index in [9.17, 15) is 14.0 Å². The Labute approximate surface area is 140 Å². The van der Waals surface area contributed by atoms with Crippen molar-refractivity contribution in [1.82, 2.24) is 25.1 Å². The molecule has 1 atom stereocenters. The lowest BCUT2D eigenvalue weighted by atomic mass is 10.1. The predicted molar refractivity (Wildman–Crippen MR) is 86.5 cm³/mol. The molecule has 9 heteroatoms. The first-order valence-electron chi connectivity index (χ1n) is 7.17. The Bertz CT molecular complexity index is 903. The summed E-state index contributed by atoms with van der Waals surface area (Å²) in [5, 5.41) is 12.5. The van der Waals surface area contributed by atoms with Gasteiger partial charge < -0.3 is 5.32 Å². The van der Waals surface area contributed by atoms with Crippen LogP contribution in [0.5, 0.6) is 0 Å². The summed E-state index contributed by atoms with van der Waals surface area (Å²) in [6.07, 6.45) is 0. The number of benzene rings is 1. The topological polar surface area (TPSA) is 81.8 Å².